The van der Waals surface area contributed by atoms with Crippen molar-refractivity contribution in [3.8, 4) is 0 Å². The maximum atomic E-state index is 11.9. The lowest BCUT2D eigenvalue weighted by Gasteiger charge is -2.28. The van der Waals surface area contributed by atoms with E-state index in [1.54, 1.807) is 0 Å². The zero-order chi connectivity index (χ0) is 11.1. The van der Waals surface area contributed by atoms with Crippen molar-refractivity contribution in [2.24, 2.45) is 11.7 Å². The molecule has 0 fully saturated rings. The van der Waals surface area contributed by atoms with E-state index in [1.807, 2.05) is 18.7 Å². The molecule has 0 aromatic rings. The summed E-state index contributed by atoms with van der Waals surface area (Å²) in [5.41, 5.74) is 5.42. The molecule has 1 unspecified atom stereocenters. The lowest BCUT2D eigenvalue weighted by molar-refractivity contribution is -0.136. The van der Waals surface area contributed by atoms with Crippen molar-refractivity contribution in [3.63, 3.8) is 0 Å². The average Bonchev–Trinajstić information content (AvgIpc) is 2.14. The molecule has 1 amide bonds. The minimum absolute atomic E-state index is 0.112. The third-order valence-corrected chi connectivity index (χ3v) is 2.51. The molecular weight excluding hydrogens is 176 g/mol. The first-order chi connectivity index (χ1) is 6.54. The number of nitrogens with zero attached hydrogens (tertiary/aromatic N) is 1. The van der Waals surface area contributed by atoms with E-state index in [0.29, 0.717) is 12.6 Å². The molecule has 3 heteroatoms. The average molecular weight is 200 g/mol. The highest BCUT2D eigenvalue weighted by atomic mass is 16.2. The molecule has 0 rings (SSSR count). The van der Waals surface area contributed by atoms with Gasteiger partial charge < -0.3 is 10.6 Å². The topological polar surface area (TPSA) is 46.3 Å². The number of nitrogens with two attached hydrogens (primary N) is 1. The standard InChI is InChI=1S/C11H24N2O/c1-5-13(9(2)3)11(14)10(4)7-6-8-12/h9-10H,5-8,12H2,1-4H3. The highest BCUT2D eigenvalue weighted by Gasteiger charge is 2.20. The van der Waals surface area contributed by atoms with E-state index < -0.39 is 0 Å². The molecule has 0 aliphatic rings. The van der Waals surface area contributed by atoms with Crippen molar-refractivity contribution in [3.05, 3.63) is 0 Å². The number of carbonyl (C=O) groups is 1. The second-order valence-corrected chi connectivity index (χ2v) is 4.05. The van der Waals surface area contributed by atoms with Gasteiger partial charge in [-0.3, -0.25) is 4.79 Å². The Bertz CT molecular complexity index is 169. The van der Waals surface area contributed by atoms with Crippen LogP contribution in [0.5, 0.6) is 0 Å². The molecule has 2 N–H and O–H groups in total. The van der Waals surface area contributed by atoms with Crippen molar-refractivity contribution in [2.75, 3.05) is 13.1 Å². The van der Waals surface area contributed by atoms with Crippen LogP contribution in [0.2, 0.25) is 0 Å². The Morgan fingerprint density at radius 2 is 1.93 bits per heavy atom. The Balaban J connectivity index is 4.13. The second kappa shape index (κ2) is 6.82. The maximum Gasteiger partial charge on any atom is 0.225 e. The third-order valence-electron chi connectivity index (χ3n) is 2.51. The van der Waals surface area contributed by atoms with E-state index in [-0.39, 0.29) is 11.8 Å². The molecule has 0 heterocycles. The first-order valence-electron chi connectivity index (χ1n) is 5.55. The van der Waals surface area contributed by atoms with Gasteiger partial charge in [-0.2, -0.15) is 0 Å². The largest absolute Gasteiger partial charge is 0.340 e. The molecule has 14 heavy (non-hydrogen) atoms. The number of hydrogen-bond donors (Lipinski definition) is 1. The minimum Gasteiger partial charge on any atom is -0.340 e. The van der Waals surface area contributed by atoms with Gasteiger partial charge in [0, 0.05) is 18.5 Å². The SMILES string of the molecule is CCN(C(=O)C(C)CCCN)C(C)C. The summed E-state index contributed by atoms with van der Waals surface area (Å²) in [5, 5.41) is 0. The molecule has 0 bridgehead atoms. The molecule has 0 radical (unpaired) electrons. The van der Waals surface area contributed by atoms with Gasteiger partial charge in [-0.25, -0.2) is 0 Å². The van der Waals surface area contributed by atoms with Crippen molar-refractivity contribution in [2.45, 2.75) is 46.6 Å². The van der Waals surface area contributed by atoms with Gasteiger partial charge in [0.1, 0.15) is 0 Å². The van der Waals surface area contributed by atoms with Crippen LogP contribution in [0.25, 0.3) is 0 Å². The van der Waals surface area contributed by atoms with Gasteiger partial charge in [0.15, 0.2) is 0 Å². The van der Waals surface area contributed by atoms with Crippen LogP contribution in [0, 0.1) is 5.92 Å². The quantitative estimate of drug-likeness (QED) is 0.708. The lowest BCUT2D eigenvalue weighted by atomic mass is 10.0. The Labute approximate surface area is 87.6 Å². The zero-order valence-electron chi connectivity index (χ0n) is 9.92. The van der Waals surface area contributed by atoms with Crippen LogP contribution in [0.1, 0.15) is 40.5 Å². The maximum absolute atomic E-state index is 11.9. The summed E-state index contributed by atoms with van der Waals surface area (Å²) in [4.78, 5) is 13.8. The molecule has 0 saturated heterocycles. The van der Waals surface area contributed by atoms with Crippen LogP contribution >= 0.6 is 0 Å². The summed E-state index contributed by atoms with van der Waals surface area (Å²) >= 11 is 0. The predicted molar refractivity (Wildman–Crippen MR) is 60.0 cm³/mol. The van der Waals surface area contributed by atoms with E-state index in [0.717, 1.165) is 19.4 Å². The highest BCUT2D eigenvalue weighted by Crippen LogP contribution is 2.11. The molecule has 3 nitrogen and oxygen atoms in total. The summed E-state index contributed by atoms with van der Waals surface area (Å²) in [5.74, 6) is 0.372. The van der Waals surface area contributed by atoms with Crippen LogP contribution in [0.15, 0.2) is 0 Å². The van der Waals surface area contributed by atoms with Crippen LogP contribution in [-0.4, -0.2) is 29.9 Å². The Hall–Kier alpha value is -0.570. The number of amides is 1. The number of rotatable bonds is 6. The smallest absolute Gasteiger partial charge is 0.225 e. The molecule has 0 aromatic heterocycles. The fraction of sp³-hybridized carbons (Fsp3) is 0.909. The van der Waals surface area contributed by atoms with E-state index in [2.05, 4.69) is 13.8 Å². The van der Waals surface area contributed by atoms with E-state index in [1.165, 1.54) is 0 Å². The molecule has 0 aliphatic carbocycles. The van der Waals surface area contributed by atoms with Crippen LogP contribution in [-0.2, 0) is 4.79 Å². The normalized spacial score (nSPS) is 13.0. The van der Waals surface area contributed by atoms with E-state index >= 15 is 0 Å². The van der Waals surface area contributed by atoms with Crippen LogP contribution in [0.4, 0.5) is 0 Å². The molecule has 84 valence electrons. The van der Waals surface area contributed by atoms with E-state index in [4.69, 9.17) is 5.73 Å². The summed E-state index contributed by atoms with van der Waals surface area (Å²) < 4.78 is 0. The Morgan fingerprint density at radius 1 is 1.36 bits per heavy atom. The molecule has 0 spiro atoms. The third kappa shape index (κ3) is 4.09. The van der Waals surface area contributed by atoms with Gasteiger partial charge in [0.05, 0.1) is 0 Å². The summed E-state index contributed by atoms with van der Waals surface area (Å²) in [6, 6.07) is 0.299. The fourth-order valence-corrected chi connectivity index (χ4v) is 1.61. The minimum atomic E-state index is 0.112. The molecule has 1 atom stereocenters. The second-order valence-electron chi connectivity index (χ2n) is 4.05. The molecule has 0 aliphatic heterocycles. The van der Waals surface area contributed by atoms with Gasteiger partial charge in [-0.05, 0) is 40.2 Å². The van der Waals surface area contributed by atoms with Gasteiger partial charge in [-0.15, -0.1) is 0 Å². The summed E-state index contributed by atoms with van der Waals surface area (Å²) in [6.45, 7) is 9.58. The molecule has 0 saturated carbocycles. The molecule has 0 aromatic carbocycles. The zero-order valence-corrected chi connectivity index (χ0v) is 9.92. The van der Waals surface area contributed by atoms with Crippen molar-refractivity contribution in [1.29, 1.82) is 0 Å². The van der Waals surface area contributed by atoms with Gasteiger partial charge in [0.2, 0.25) is 5.91 Å². The van der Waals surface area contributed by atoms with Crippen LogP contribution < -0.4 is 5.73 Å². The molecular formula is C11H24N2O. The predicted octanol–water partition coefficient (Wildman–Crippen LogP) is 1.62. The summed E-state index contributed by atoms with van der Waals surface area (Å²) in [7, 11) is 0. The van der Waals surface area contributed by atoms with Crippen molar-refractivity contribution in [1.82, 2.24) is 4.90 Å². The van der Waals surface area contributed by atoms with Crippen molar-refractivity contribution < 1.29 is 4.79 Å². The highest BCUT2D eigenvalue weighted by molar-refractivity contribution is 5.78. The van der Waals surface area contributed by atoms with Crippen LogP contribution in [0.3, 0.4) is 0 Å². The fourth-order valence-electron chi connectivity index (χ4n) is 1.61. The first kappa shape index (κ1) is 13.4. The summed E-state index contributed by atoms with van der Waals surface area (Å²) in [6.07, 6.45) is 1.83. The monoisotopic (exact) mass is 200 g/mol. The van der Waals surface area contributed by atoms with Gasteiger partial charge >= 0.3 is 0 Å². The number of carbonyl (C=O) groups excluding carboxylic acids is 1. The first-order valence-corrected chi connectivity index (χ1v) is 5.55. The van der Waals surface area contributed by atoms with Crippen molar-refractivity contribution >= 4 is 5.91 Å². The Kier molecular flexibility index (Phi) is 6.54. The van der Waals surface area contributed by atoms with Gasteiger partial charge in [-0.1, -0.05) is 6.92 Å². The van der Waals surface area contributed by atoms with E-state index in [9.17, 15) is 4.79 Å². The Morgan fingerprint density at radius 3 is 2.29 bits per heavy atom. The van der Waals surface area contributed by atoms with Gasteiger partial charge in [0.25, 0.3) is 0 Å². The lowest BCUT2D eigenvalue weighted by Crippen LogP contribution is -2.40. The number of hydrogen-bond acceptors (Lipinski definition) is 2.